The van der Waals surface area contributed by atoms with Gasteiger partial charge in [0.1, 0.15) is 10.7 Å². The molecule has 0 aliphatic heterocycles. The van der Waals surface area contributed by atoms with Gasteiger partial charge in [-0.05, 0) is 55.2 Å². The van der Waals surface area contributed by atoms with E-state index in [0.29, 0.717) is 11.1 Å². The monoisotopic (exact) mass is 535 g/mol. The molecule has 1 heterocycles. The number of benzene rings is 2. The van der Waals surface area contributed by atoms with E-state index in [4.69, 9.17) is 28.9 Å². The number of amides is 2. The average molecular weight is 536 g/mol. The molecule has 1 aliphatic rings. The fourth-order valence-electron chi connectivity index (χ4n) is 3.62. The second-order valence-electron chi connectivity index (χ2n) is 8.29. The highest BCUT2D eigenvalue weighted by molar-refractivity contribution is 7.91. The molecule has 35 heavy (non-hydrogen) atoms. The van der Waals surface area contributed by atoms with Crippen LogP contribution in [0.3, 0.4) is 0 Å². The number of carbonyl (C=O) groups excluding carboxylic acids is 2. The summed E-state index contributed by atoms with van der Waals surface area (Å²) in [6, 6.07) is 9.51. The molecule has 4 rings (SSSR count). The molecule has 0 radical (unpaired) electrons. The van der Waals surface area contributed by atoms with Crippen LogP contribution in [0, 0.1) is 11.7 Å². The van der Waals surface area contributed by atoms with E-state index in [-0.39, 0.29) is 38.0 Å². The smallest absolute Gasteiger partial charge is 0.263 e. The molecular weight excluding hydrogens is 516 g/mol. The number of aromatic nitrogens is 1. The van der Waals surface area contributed by atoms with E-state index >= 15 is 0 Å². The first-order chi connectivity index (χ1) is 16.5. The van der Waals surface area contributed by atoms with Crippen molar-refractivity contribution in [2.45, 2.75) is 17.7 Å². The SMILES string of the molecule is CN(C(=O)c1c(F)cccc1Cl)c1ncc(-c2cc(C(N)=O)ccc2Cl)cc1S(=O)(=O)CC1CC1. The van der Waals surface area contributed by atoms with Crippen molar-refractivity contribution in [3.63, 3.8) is 0 Å². The maximum atomic E-state index is 14.4. The molecule has 182 valence electrons. The van der Waals surface area contributed by atoms with Crippen molar-refractivity contribution >= 4 is 50.7 Å². The molecule has 7 nitrogen and oxygen atoms in total. The standard InChI is InChI=1S/C24H20Cl2FN3O4S/c1-30(24(32)21-18(26)3-2-4-19(21)27)23-20(35(33,34)12-13-5-6-13)10-15(11-29-23)16-9-14(22(28)31)7-8-17(16)25/h2-4,7-11,13H,5-6,12H2,1H3,(H2,28,31). The van der Waals surface area contributed by atoms with Gasteiger partial charge < -0.3 is 5.73 Å². The molecule has 0 bridgehead atoms. The van der Waals surface area contributed by atoms with Gasteiger partial charge in [0.25, 0.3) is 5.91 Å². The summed E-state index contributed by atoms with van der Waals surface area (Å²) in [6.07, 6.45) is 2.89. The van der Waals surface area contributed by atoms with Crippen molar-refractivity contribution in [2.75, 3.05) is 17.7 Å². The van der Waals surface area contributed by atoms with Gasteiger partial charge in [-0.1, -0.05) is 29.3 Å². The minimum absolute atomic E-state index is 0.0142. The highest BCUT2D eigenvalue weighted by atomic mass is 35.5. The number of anilines is 1. The molecule has 1 saturated carbocycles. The van der Waals surface area contributed by atoms with Gasteiger partial charge >= 0.3 is 0 Å². The maximum absolute atomic E-state index is 14.4. The molecule has 2 aromatic carbocycles. The van der Waals surface area contributed by atoms with Crippen LogP contribution in [0.5, 0.6) is 0 Å². The van der Waals surface area contributed by atoms with Gasteiger partial charge in [-0.3, -0.25) is 14.5 Å². The zero-order valence-electron chi connectivity index (χ0n) is 18.5. The Hall–Kier alpha value is -3.01. The van der Waals surface area contributed by atoms with Crippen LogP contribution in [0.1, 0.15) is 33.6 Å². The third-order valence-electron chi connectivity index (χ3n) is 5.68. The second-order valence-corrected chi connectivity index (χ2v) is 11.1. The first-order valence-electron chi connectivity index (χ1n) is 10.5. The Morgan fingerprint density at radius 3 is 2.49 bits per heavy atom. The van der Waals surface area contributed by atoms with Gasteiger partial charge in [-0.25, -0.2) is 17.8 Å². The van der Waals surface area contributed by atoms with E-state index in [0.717, 1.165) is 23.8 Å². The Labute approximate surface area is 211 Å². The van der Waals surface area contributed by atoms with Crippen molar-refractivity contribution in [1.82, 2.24) is 4.98 Å². The lowest BCUT2D eigenvalue weighted by Gasteiger charge is -2.21. The zero-order valence-corrected chi connectivity index (χ0v) is 20.8. The Bertz CT molecular complexity index is 1440. The summed E-state index contributed by atoms with van der Waals surface area (Å²) in [5, 5.41) is 0.133. The number of carbonyl (C=O) groups is 2. The number of rotatable bonds is 7. The Morgan fingerprint density at radius 1 is 1.14 bits per heavy atom. The fraction of sp³-hybridized carbons (Fsp3) is 0.208. The van der Waals surface area contributed by atoms with E-state index in [1.807, 2.05) is 0 Å². The van der Waals surface area contributed by atoms with Gasteiger partial charge in [0.05, 0.1) is 16.3 Å². The molecule has 11 heteroatoms. The molecule has 1 fully saturated rings. The van der Waals surface area contributed by atoms with Gasteiger partial charge in [-0.15, -0.1) is 0 Å². The molecule has 1 aromatic heterocycles. The number of hydrogen-bond donors (Lipinski definition) is 1. The first kappa shape index (κ1) is 25.1. The largest absolute Gasteiger partial charge is 0.366 e. The van der Waals surface area contributed by atoms with Crippen LogP contribution in [0.4, 0.5) is 10.2 Å². The number of hydrogen-bond acceptors (Lipinski definition) is 5. The molecule has 0 atom stereocenters. The van der Waals surface area contributed by atoms with Crippen LogP contribution in [-0.2, 0) is 9.84 Å². The van der Waals surface area contributed by atoms with Crippen molar-refractivity contribution < 1.29 is 22.4 Å². The lowest BCUT2D eigenvalue weighted by Crippen LogP contribution is -2.30. The zero-order chi connectivity index (χ0) is 25.5. The summed E-state index contributed by atoms with van der Waals surface area (Å²) in [5.74, 6) is -2.67. The minimum atomic E-state index is -3.90. The average Bonchev–Trinajstić information content (AvgIpc) is 3.61. The van der Waals surface area contributed by atoms with Gasteiger partial charge in [-0.2, -0.15) is 0 Å². The van der Waals surface area contributed by atoms with Crippen molar-refractivity contribution in [3.05, 3.63) is 75.7 Å². The van der Waals surface area contributed by atoms with E-state index < -0.39 is 33.0 Å². The van der Waals surface area contributed by atoms with Crippen LogP contribution in [0.25, 0.3) is 11.1 Å². The summed E-state index contributed by atoms with van der Waals surface area (Å²) >= 11 is 12.4. The fourth-order valence-corrected chi connectivity index (χ4v) is 5.99. The summed E-state index contributed by atoms with van der Waals surface area (Å²) in [4.78, 5) is 29.8. The molecule has 0 unspecified atom stereocenters. The minimum Gasteiger partial charge on any atom is -0.366 e. The number of primary amides is 1. The van der Waals surface area contributed by atoms with Crippen molar-refractivity contribution in [1.29, 1.82) is 0 Å². The highest BCUT2D eigenvalue weighted by Gasteiger charge is 2.33. The van der Waals surface area contributed by atoms with Crippen molar-refractivity contribution in [3.8, 4) is 11.1 Å². The Kier molecular flexibility index (Phi) is 6.86. The predicted molar refractivity (Wildman–Crippen MR) is 132 cm³/mol. The summed E-state index contributed by atoms with van der Waals surface area (Å²) < 4.78 is 41.1. The summed E-state index contributed by atoms with van der Waals surface area (Å²) in [6.45, 7) is 0. The van der Waals surface area contributed by atoms with E-state index in [1.165, 1.54) is 49.6 Å². The number of nitrogens with two attached hydrogens (primary N) is 1. The topological polar surface area (TPSA) is 110 Å². The van der Waals surface area contributed by atoms with Crippen LogP contribution in [-0.4, -0.2) is 38.0 Å². The van der Waals surface area contributed by atoms with Crippen LogP contribution >= 0.6 is 23.2 Å². The maximum Gasteiger partial charge on any atom is 0.263 e. The number of sulfone groups is 1. The predicted octanol–water partition coefficient (Wildman–Crippen LogP) is 4.75. The third-order valence-corrected chi connectivity index (χ3v) is 8.21. The van der Waals surface area contributed by atoms with Crippen molar-refractivity contribution in [2.24, 2.45) is 11.7 Å². The highest BCUT2D eigenvalue weighted by Crippen LogP contribution is 2.37. The van der Waals surface area contributed by atoms with Gasteiger partial charge in [0.2, 0.25) is 5.91 Å². The Morgan fingerprint density at radius 2 is 1.86 bits per heavy atom. The second kappa shape index (κ2) is 9.56. The van der Waals surface area contributed by atoms with Gasteiger partial charge in [0.15, 0.2) is 15.7 Å². The molecule has 1 aliphatic carbocycles. The Balaban J connectivity index is 1.86. The molecule has 2 N–H and O–H groups in total. The third kappa shape index (κ3) is 5.17. The molecule has 2 amide bonds. The normalized spacial score (nSPS) is 13.5. The lowest BCUT2D eigenvalue weighted by atomic mass is 10.0. The van der Waals surface area contributed by atoms with Crippen LogP contribution < -0.4 is 10.6 Å². The summed E-state index contributed by atoms with van der Waals surface area (Å²) in [7, 11) is -2.60. The van der Waals surface area contributed by atoms with Crippen LogP contribution in [0.2, 0.25) is 10.0 Å². The van der Waals surface area contributed by atoms with E-state index in [2.05, 4.69) is 4.98 Å². The van der Waals surface area contributed by atoms with Gasteiger partial charge in [0, 0.05) is 35.0 Å². The number of halogens is 3. The van der Waals surface area contributed by atoms with E-state index in [9.17, 15) is 22.4 Å². The molecule has 3 aromatic rings. The summed E-state index contributed by atoms with van der Waals surface area (Å²) in [5.41, 5.74) is 5.80. The number of pyridine rings is 1. The first-order valence-corrected chi connectivity index (χ1v) is 12.9. The van der Waals surface area contributed by atoms with E-state index in [1.54, 1.807) is 0 Å². The quantitative estimate of drug-likeness (QED) is 0.469. The molecule has 0 saturated heterocycles. The molecule has 0 spiro atoms. The van der Waals surface area contributed by atoms with Crippen LogP contribution in [0.15, 0.2) is 53.6 Å². The molecular formula is C24H20Cl2FN3O4S. The lowest BCUT2D eigenvalue weighted by molar-refractivity contribution is 0.0984. The number of nitrogens with zero attached hydrogens (tertiary/aromatic N) is 2.